The van der Waals surface area contributed by atoms with Gasteiger partial charge in [-0.3, -0.25) is 4.18 Å². The molecule has 8 nitrogen and oxygen atoms in total. The van der Waals surface area contributed by atoms with Crippen molar-refractivity contribution in [3.63, 3.8) is 0 Å². The summed E-state index contributed by atoms with van der Waals surface area (Å²) in [5.41, 5.74) is 3.95. The molecule has 0 saturated carbocycles. The van der Waals surface area contributed by atoms with Gasteiger partial charge in [0.05, 0.1) is 16.6 Å². The zero-order valence-electron chi connectivity index (χ0n) is 17.8. The topological polar surface area (TPSA) is 86.9 Å². The number of para-hydroxylation sites is 1. The van der Waals surface area contributed by atoms with Crippen LogP contribution in [-0.2, 0) is 28.9 Å². The number of anilines is 1. The first kappa shape index (κ1) is 20.5. The summed E-state index contributed by atoms with van der Waals surface area (Å²) in [6.45, 7) is 8.39. The quantitative estimate of drug-likeness (QED) is 0.506. The van der Waals surface area contributed by atoms with Crippen LogP contribution in [0.4, 0.5) is 5.82 Å². The fourth-order valence-corrected chi connectivity index (χ4v) is 3.82. The van der Waals surface area contributed by atoms with Crippen LogP contribution >= 0.6 is 0 Å². The van der Waals surface area contributed by atoms with Crippen LogP contribution in [0, 0.1) is 0 Å². The molecule has 0 fully saturated rings. The fraction of sp³-hybridized carbons (Fsp3) is 0.381. The van der Waals surface area contributed by atoms with E-state index in [1.807, 2.05) is 53.1 Å². The molecule has 0 radical (unpaired) electrons. The number of hydrogen-bond acceptors (Lipinski definition) is 6. The van der Waals surface area contributed by atoms with Crippen molar-refractivity contribution in [3.05, 3.63) is 42.4 Å². The average Bonchev–Trinajstić information content (AvgIpc) is 3.26. The van der Waals surface area contributed by atoms with Gasteiger partial charge in [-0.2, -0.15) is 5.10 Å². The lowest BCUT2D eigenvalue weighted by Crippen LogP contribution is -2.23. The van der Waals surface area contributed by atoms with Crippen LogP contribution in [0.2, 0.25) is 0 Å². The highest BCUT2D eigenvalue weighted by atomic mass is 32.2. The summed E-state index contributed by atoms with van der Waals surface area (Å²) in [5.74, 6) is 0.619. The molecular weight excluding hydrogens is 400 g/mol. The van der Waals surface area contributed by atoms with Crippen LogP contribution in [0.5, 0.6) is 0 Å². The van der Waals surface area contributed by atoms with Crippen LogP contribution in [0.3, 0.4) is 0 Å². The third-order valence-corrected chi connectivity index (χ3v) is 6.05. The zero-order valence-corrected chi connectivity index (χ0v) is 18.7. The van der Waals surface area contributed by atoms with E-state index in [2.05, 4.69) is 27.1 Å². The Morgan fingerprint density at radius 2 is 1.97 bits per heavy atom. The summed E-state index contributed by atoms with van der Waals surface area (Å²) in [7, 11) is 2.01. The molecule has 30 heavy (non-hydrogen) atoms. The summed E-state index contributed by atoms with van der Waals surface area (Å²) >= 11 is -1.45. The molecule has 0 bridgehead atoms. The van der Waals surface area contributed by atoms with Gasteiger partial charge in [0.25, 0.3) is 0 Å². The van der Waals surface area contributed by atoms with Crippen molar-refractivity contribution < 1.29 is 8.39 Å². The van der Waals surface area contributed by atoms with Gasteiger partial charge in [0.15, 0.2) is 22.5 Å². The predicted molar refractivity (Wildman–Crippen MR) is 120 cm³/mol. The number of hydrogen-bond donors (Lipinski definition) is 1. The molecule has 1 atom stereocenters. The molecule has 4 aromatic rings. The molecule has 3 aromatic heterocycles. The van der Waals surface area contributed by atoms with Gasteiger partial charge in [0.2, 0.25) is 0 Å². The minimum atomic E-state index is -1.45. The Morgan fingerprint density at radius 3 is 2.70 bits per heavy atom. The lowest BCUT2D eigenvalue weighted by molar-refractivity contribution is 0.322. The van der Waals surface area contributed by atoms with E-state index in [1.165, 1.54) is 0 Å². The zero-order chi connectivity index (χ0) is 21.5. The van der Waals surface area contributed by atoms with Crippen LogP contribution in [-0.4, -0.2) is 39.8 Å². The average molecular weight is 427 g/mol. The summed E-state index contributed by atoms with van der Waals surface area (Å²) < 4.78 is 21.4. The van der Waals surface area contributed by atoms with E-state index < -0.39 is 15.8 Å². The Kier molecular flexibility index (Phi) is 5.33. The minimum absolute atomic E-state index is 0.0931. The number of benzene rings is 1. The second kappa shape index (κ2) is 7.81. The van der Waals surface area contributed by atoms with Crippen LogP contribution < -0.4 is 5.32 Å². The van der Waals surface area contributed by atoms with Crippen LogP contribution in [0.15, 0.2) is 36.7 Å². The van der Waals surface area contributed by atoms with Gasteiger partial charge in [-0.15, -0.1) is 0 Å². The van der Waals surface area contributed by atoms with Crippen molar-refractivity contribution in [3.8, 4) is 5.69 Å². The molecule has 4 rings (SSSR count). The molecule has 0 saturated heterocycles. The van der Waals surface area contributed by atoms with Crippen molar-refractivity contribution in [2.75, 3.05) is 11.9 Å². The third-order valence-electron chi connectivity index (χ3n) is 4.72. The smallest absolute Gasteiger partial charge is 0.182 e. The largest absolute Gasteiger partial charge is 0.369 e. The number of rotatable bonds is 6. The van der Waals surface area contributed by atoms with Gasteiger partial charge in [-0.25, -0.2) is 18.9 Å². The monoisotopic (exact) mass is 426 g/mol. The number of nitrogens with one attached hydrogen (secondary N) is 1. The number of aromatic nitrogens is 5. The van der Waals surface area contributed by atoms with E-state index in [0.29, 0.717) is 29.2 Å². The maximum Gasteiger partial charge on any atom is 0.182 e. The van der Waals surface area contributed by atoms with E-state index >= 15 is 0 Å². The van der Waals surface area contributed by atoms with Gasteiger partial charge in [0.1, 0.15) is 17.8 Å². The van der Waals surface area contributed by atoms with Crippen LogP contribution in [0.1, 0.15) is 33.4 Å². The highest BCUT2D eigenvalue weighted by molar-refractivity contribution is 7.81. The molecular formula is C21H26N6O2S. The Balaban J connectivity index is 1.80. The van der Waals surface area contributed by atoms with Gasteiger partial charge in [0, 0.05) is 30.7 Å². The molecule has 1 N–H and O–H groups in total. The SMILES string of the molecule is CCNc1nc2cnn(-c3cn(C)c4ccccc34)c2nc1COS(=O)C(C)(C)C. The van der Waals surface area contributed by atoms with E-state index in [4.69, 9.17) is 14.2 Å². The fourth-order valence-electron chi connectivity index (χ4n) is 3.24. The maximum atomic E-state index is 12.4. The second-order valence-corrected chi connectivity index (χ2v) is 10.00. The maximum absolute atomic E-state index is 12.4. The molecule has 1 unspecified atom stereocenters. The van der Waals surface area contributed by atoms with E-state index in [-0.39, 0.29) is 6.61 Å². The third kappa shape index (κ3) is 3.70. The molecule has 1 aromatic carbocycles. The molecule has 0 aliphatic carbocycles. The highest BCUT2D eigenvalue weighted by Crippen LogP contribution is 2.27. The summed E-state index contributed by atoms with van der Waals surface area (Å²) in [4.78, 5) is 9.50. The van der Waals surface area contributed by atoms with Gasteiger partial charge < -0.3 is 9.88 Å². The predicted octanol–water partition coefficient (Wildman–Crippen LogP) is 3.72. The first-order chi connectivity index (χ1) is 14.3. The summed E-state index contributed by atoms with van der Waals surface area (Å²) in [5, 5.41) is 8.85. The van der Waals surface area contributed by atoms with Gasteiger partial charge >= 0.3 is 0 Å². The number of nitrogens with zero attached hydrogens (tertiary/aromatic N) is 5. The molecule has 0 aliphatic rings. The molecule has 9 heteroatoms. The molecule has 0 spiro atoms. The van der Waals surface area contributed by atoms with E-state index in [1.54, 1.807) is 10.9 Å². The first-order valence-electron chi connectivity index (χ1n) is 9.87. The lowest BCUT2D eigenvalue weighted by atomic mass is 10.2. The molecule has 0 amide bonds. The normalized spacial score (nSPS) is 13.2. The van der Waals surface area contributed by atoms with E-state index in [0.717, 1.165) is 16.6 Å². The Labute approximate surface area is 177 Å². The number of fused-ring (bicyclic) bond motifs is 2. The van der Waals surface area contributed by atoms with Gasteiger partial charge in [-0.1, -0.05) is 18.2 Å². The van der Waals surface area contributed by atoms with Crippen molar-refractivity contribution >= 4 is 39.0 Å². The van der Waals surface area contributed by atoms with Gasteiger partial charge in [-0.05, 0) is 33.8 Å². The van der Waals surface area contributed by atoms with Crippen molar-refractivity contribution in [2.24, 2.45) is 7.05 Å². The molecule has 158 valence electrons. The summed E-state index contributed by atoms with van der Waals surface area (Å²) in [6, 6.07) is 8.16. The second-order valence-electron chi connectivity index (χ2n) is 8.07. The standard InChI is InChI=1S/C21H26N6O2S/c1-6-22-19-16(13-29-30(28)21(2,3)4)25-20-15(24-19)11-23-27(20)18-12-26(5)17-10-8-7-9-14(17)18/h7-12H,6,13H2,1-5H3,(H,22,24). The van der Waals surface area contributed by atoms with Crippen molar-refractivity contribution in [2.45, 2.75) is 39.0 Å². The van der Waals surface area contributed by atoms with E-state index in [9.17, 15) is 4.21 Å². The van der Waals surface area contributed by atoms with Crippen molar-refractivity contribution in [1.82, 2.24) is 24.3 Å². The first-order valence-corrected chi connectivity index (χ1v) is 10.9. The molecule has 0 aliphatic heterocycles. The Hall–Kier alpha value is -2.78. The number of aryl methyl sites for hydroxylation is 1. The van der Waals surface area contributed by atoms with Crippen LogP contribution in [0.25, 0.3) is 27.8 Å². The Bertz CT molecular complexity index is 1240. The highest BCUT2D eigenvalue weighted by Gasteiger charge is 2.22. The lowest BCUT2D eigenvalue weighted by Gasteiger charge is -2.17. The summed E-state index contributed by atoms with van der Waals surface area (Å²) in [6.07, 6.45) is 3.74. The molecule has 3 heterocycles. The Morgan fingerprint density at radius 1 is 1.20 bits per heavy atom. The van der Waals surface area contributed by atoms with Crippen molar-refractivity contribution in [1.29, 1.82) is 0 Å². The minimum Gasteiger partial charge on any atom is -0.369 e.